The van der Waals surface area contributed by atoms with Crippen LogP contribution in [-0.2, 0) is 19.4 Å². The van der Waals surface area contributed by atoms with Crippen molar-refractivity contribution in [3.63, 3.8) is 0 Å². The Bertz CT molecular complexity index is 1050. The molecule has 0 saturated heterocycles. The number of rotatable bonds is 9. The summed E-state index contributed by atoms with van der Waals surface area (Å²) in [7, 11) is 0. The smallest absolute Gasteiger partial charge is 0.264 e. The normalized spacial score (nSPS) is 13.1. The van der Waals surface area contributed by atoms with Crippen LogP contribution in [-0.4, -0.2) is 34.6 Å². The minimum Gasteiger partial charge on any atom is -0.390 e. The van der Waals surface area contributed by atoms with E-state index in [1.54, 1.807) is 11.0 Å². The first-order valence-corrected chi connectivity index (χ1v) is 11.4. The van der Waals surface area contributed by atoms with Gasteiger partial charge >= 0.3 is 0 Å². The molecule has 0 saturated carbocycles. The van der Waals surface area contributed by atoms with E-state index in [0.29, 0.717) is 17.0 Å². The molecule has 0 aliphatic heterocycles. The Hall–Kier alpha value is -2.61. The molecule has 1 heterocycles. The first-order chi connectivity index (χ1) is 15.2. The molecule has 3 N–H and O–H groups in total. The zero-order valence-corrected chi connectivity index (χ0v) is 19.0. The number of hydrogen-bond acceptors (Lipinski definition) is 4. The van der Waals surface area contributed by atoms with Crippen LogP contribution in [0.25, 0.3) is 0 Å². The van der Waals surface area contributed by atoms with Crippen molar-refractivity contribution < 1.29 is 18.7 Å². The summed E-state index contributed by atoms with van der Waals surface area (Å²) in [5.74, 6) is -1.57. The molecule has 3 rings (SSSR count). The predicted octanol–water partition coefficient (Wildman–Crippen LogP) is 4.47. The van der Waals surface area contributed by atoms with E-state index in [9.17, 15) is 18.7 Å². The lowest BCUT2D eigenvalue weighted by molar-refractivity contribution is 0.0558. The van der Waals surface area contributed by atoms with Gasteiger partial charge in [0, 0.05) is 30.1 Å². The molecule has 3 aromatic rings. The van der Waals surface area contributed by atoms with Gasteiger partial charge in [-0.25, -0.2) is 8.78 Å². The average molecular weight is 459 g/mol. The van der Waals surface area contributed by atoms with Crippen molar-refractivity contribution >= 4 is 17.2 Å². The van der Waals surface area contributed by atoms with Crippen LogP contribution in [0.5, 0.6) is 0 Å². The molecule has 32 heavy (non-hydrogen) atoms. The second-order valence-electron chi connectivity index (χ2n) is 7.98. The zero-order chi connectivity index (χ0) is 23.3. The average Bonchev–Trinajstić information content (AvgIpc) is 3.18. The van der Waals surface area contributed by atoms with Crippen LogP contribution in [0, 0.1) is 18.6 Å². The van der Waals surface area contributed by atoms with Crippen molar-refractivity contribution in [1.82, 2.24) is 4.90 Å². The lowest BCUT2D eigenvalue weighted by Gasteiger charge is -2.28. The van der Waals surface area contributed by atoms with Crippen molar-refractivity contribution in [2.45, 2.75) is 45.4 Å². The van der Waals surface area contributed by atoms with Gasteiger partial charge in [0.25, 0.3) is 5.91 Å². The Morgan fingerprint density at radius 1 is 1.06 bits per heavy atom. The van der Waals surface area contributed by atoms with E-state index in [1.165, 1.54) is 23.5 Å². The zero-order valence-electron chi connectivity index (χ0n) is 18.2. The van der Waals surface area contributed by atoms with Gasteiger partial charge in [0.05, 0.1) is 11.0 Å². The minimum absolute atomic E-state index is 0.00506. The molecule has 0 bridgehead atoms. The summed E-state index contributed by atoms with van der Waals surface area (Å²) in [6.07, 6.45) is -0.106. The maximum Gasteiger partial charge on any atom is 0.264 e. The summed E-state index contributed by atoms with van der Waals surface area (Å²) >= 11 is 1.40. The molecule has 0 fully saturated rings. The van der Waals surface area contributed by atoms with Crippen LogP contribution >= 0.6 is 11.3 Å². The molecule has 170 valence electrons. The Morgan fingerprint density at radius 3 is 2.38 bits per heavy atom. The van der Waals surface area contributed by atoms with Crippen LogP contribution in [0.15, 0.2) is 54.6 Å². The van der Waals surface area contributed by atoms with Crippen molar-refractivity contribution in [1.29, 1.82) is 0 Å². The summed E-state index contributed by atoms with van der Waals surface area (Å²) in [5, 5.41) is 10.8. The second kappa shape index (κ2) is 10.8. The Balaban J connectivity index is 1.77. The summed E-state index contributed by atoms with van der Waals surface area (Å²) in [5.41, 5.74) is 8.62. The molecule has 1 amide bonds. The summed E-state index contributed by atoms with van der Waals surface area (Å²) in [6.45, 7) is 4.32. The van der Waals surface area contributed by atoms with Crippen LogP contribution in [0.1, 0.15) is 38.2 Å². The van der Waals surface area contributed by atoms with E-state index in [1.807, 2.05) is 37.3 Å². The number of aryl methyl sites for hydroxylation is 2. The number of aliphatic hydroxyl groups excluding tert-OH is 1. The molecular weight excluding hydrogens is 430 g/mol. The van der Waals surface area contributed by atoms with Crippen LogP contribution in [0.4, 0.5) is 8.78 Å². The van der Waals surface area contributed by atoms with Gasteiger partial charge in [-0.2, -0.15) is 0 Å². The van der Waals surface area contributed by atoms with Gasteiger partial charge in [-0.05, 0) is 60.7 Å². The maximum absolute atomic E-state index is 13.5. The van der Waals surface area contributed by atoms with E-state index < -0.39 is 23.8 Å². The molecule has 0 aliphatic rings. The molecular formula is C25H28F2N2O2S. The lowest BCUT2D eigenvalue weighted by Crippen LogP contribution is -2.46. The van der Waals surface area contributed by atoms with Crippen LogP contribution in [0.3, 0.4) is 0 Å². The summed E-state index contributed by atoms with van der Waals surface area (Å²) < 4.78 is 27.0. The van der Waals surface area contributed by atoms with Gasteiger partial charge in [0.2, 0.25) is 0 Å². The fourth-order valence-electron chi connectivity index (χ4n) is 3.59. The third-order valence-electron chi connectivity index (χ3n) is 5.31. The predicted molar refractivity (Wildman–Crippen MR) is 124 cm³/mol. The van der Waals surface area contributed by atoms with Gasteiger partial charge in [-0.15, -0.1) is 11.3 Å². The molecule has 2 atom stereocenters. The number of nitrogens with two attached hydrogens (primary N) is 1. The first-order valence-electron chi connectivity index (χ1n) is 10.6. The molecule has 1 aromatic heterocycles. The standard InChI is InChI=1S/C25H28F2N2O2S/c1-3-17-5-4-6-18(9-17)14-29(25(31)24-8-7-16(2)32-24)15-23(30)22(28)12-19-10-20(26)13-21(27)11-19/h4-11,13,22-23,30H,3,12,14-15,28H2,1-2H3/t22-,23+/m0/s1. The number of aliphatic hydroxyl groups is 1. The second-order valence-corrected chi connectivity index (χ2v) is 9.27. The quantitative estimate of drug-likeness (QED) is 0.497. The van der Waals surface area contributed by atoms with Gasteiger partial charge in [0.15, 0.2) is 0 Å². The van der Waals surface area contributed by atoms with Gasteiger partial charge in [-0.3, -0.25) is 4.79 Å². The van der Waals surface area contributed by atoms with Gasteiger partial charge in [0.1, 0.15) is 11.6 Å². The number of carbonyl (C=O) groups is 1. The van der Waals surface area contributed by atoms with Gasteiger partial charge < -0.3 is 15.7 Å². The van der Waals surface area contributed by atoms with Gasteiger partial charge in [-0.1, -0.05) is 31.2 Å². The molecule has 0 aliphatic carbocycles. The number of carbonyl (C=O) groups excluding carboxylic acids is 1. The fraction of sp³-hybridized carbons (Fsp3) is 0.320. The summed E-state index contributed by atoms with van der Waals surface area (Å²) in [4.78, 5) is 16.4. The maximum atomic E-state index is 13.5. The number of thiophene rings is 1. The number of benzene rings is 2. The number of nitrogens with zero attached hydrogens (tertiary/aromatic N) is 1. The highest BCUT2D eigenvalue weighted by Gasteiger charge is 2.24. The van der Waals surface area contributed by atoms with Crippen LogP contribution < -0.4 is 5.73 Å². The summed E-state index contributed by atoms with van der Waals surface area (Å²) in [6, 6.07) is 14.0. The third-order valence-corrected chi connectivity index (χ3v) is 6.30. The van der Waals surface area contributed by atoms with E-state index in [4.69, 9.17) is 5.73 Å². The number of hydrogen-bond donors (Lipinski definition) is 2. The first kappa shape index (κ1) is 24.0. The van der Waals surface area contributed by atoms with E-state index in [2.05, 4.69) is 6.92 Å². The van der Waals surface area contributed by atoms with Crippen LogP contribution in [0.2, 0.25) is 0 Å². The van der Waals surface area contributed by atoms with Crippen molar-refractivity contribution in [3.8, 4) is 0 Å². The third kappa shape index (κ3) is 6.45. The van der Waals surface area contributed by atoms with Crippen molar-refractivity contribution in [3.05, 3.63) is 92.7 Å². The van der Waals surface area contributed by atoms with E-state index in [-0.39, 0.29) is 18.9 Å². The molecule has 2 aromatic carbocycles. The van der Waals surface area contributed by atoms with E-state index in [0.717, 1.165) is 28.5 Å². The minimum atomic E-state index is -1.07. The number of halogens is 2. The van der Waals surface area contributed by atoms with E-state index >= 15 is 0 Å². The fourth-order valence-corrected chi connectivity index (χ4v) is 4.43. The van der Waals surface area contributed by atoms with Crippen molar-refractivity contribution in [2.24, 2.45) is 5.73 Å². The molecule has 4 nitrogen and oxygen atoms in total. The SMILES string of the molecule is CCc1cccc(CN(C[C@@H](O)[C@@H](N)Cc2cc(F)cc(F)c2)C(=O)c2ccc(C)s2)c1. The number of amides is 1. The molecule has 0 unspecified atom stereocenters. The molecule has 7 heteroatoms. The monoisotopic (exact) mass is 458 g/mol. The molecule has 0 radical (unpaired) electrons. The largest absolute Gasteiger partial charge is 0.390 e. The highest BCUT2D eigenvalue weighted by atomic mass is 32.1. The highest BCUT2D eigenvalue weighted by Crippen LogP contribution is 2.20. The lowest BCUT2D eigenvalue weighted by atomic mass is 10.0. The highest BCUT2D eigenvalue weighted by molar-refractivity contribution is 7.13. The van der Waals surface area contributed by atoms with Crippen molar-refractivity contribution in [2.75, 3.05) is 6.54 Å². The Kier molecular flexibility index (Phi) is 8.12. The topological polar surface area (TPSA) is 66.6 Å². The Labute approximate surface area is 191 Å². The Morgan fingerprint density at radius 2 is 1.75 bits per heavy atom. The molecule has 0 spiro atoms.